The Balaban J connectivity index is 2.33. The molecule has 0 saturated carbocycles. The molecule has 0 aliphatic rings. The van der Waals surface area contributed by atoms with Crippen molar-refractivity contribution in [2.75, 3.05) is 0 Å². The first-order valence-electron chi connectivity index (χ1n) is 3.95. The predicted octanol–water partition coefficient (Wildman–Crippen LogP) is 1.36. The van der Waals surface area contributed by atoms with Gasteiger partial charge in [0.15, 0.2) is 5.16 Å². The van der Waals surface area contributed by atoms with Gasteiger partial charge in [-0.2, -0.15) is 5.10 Å². The van der Waals surface area contributed by atoms with Crippen LogP contribution in [0.3, 0.4) is 0 Å². The topological polar surface area (TPSA) is 71.5 Å². The molecule has 2 aromatic heterocycles. The lowest BCUT2D eigenvalue weighted by Crippen LogP contribution is -2.08. The summed E-state index contributed by atoms with van der Waals surface area (Å²) in [5.41, 5.74) is -0.419. The number of nitrogens with zero attached hydrogens (tertiary/aromatic N) is 3. The average molecular weight is 241 g/mol. The highest BCUT2D eigenvalue weighted by molar-refractivity contribution is 7.99. The van der Waals surface area contributed by atoms with Gasteiger partial charge in [0.1, 0.15) is 5.02 Å². The Hall–Kier alpha value is -1.40. The van der Waals surface area contributed by atoms with E-state index in [-0.39, 0.29) is 5.02 Å². The Labute approximate surface area is 93.9 Å². The standard InChI is InChI=1S/C8H5ClN4OS/c9-6-5(4-12-13-7(6)14)15-8-10-2-1-3-11-8/h1-4H,(H,13,14). The van der Waals surface area contributed by atoms with Crippen molar-refractivity contribution in [3.05, 3.63) is 40.0 Å². The van der Waals surface area contributed by atoms with Crippen LogP contribution in [0.2, 0.25) is 5.02 Å². The lowest BCUT2D eigenvalue weighted by molar-refractivity contribution is 0.942. The molecule has 0 aliphatic heterocycles. The molecule has 2 rings (SSSR count). The first kappa shape index (κ1) is 10.1. The number of hydrogen-bond donors (Lipinski definition) is 1. The van der Waals surface area contributed by atoms with Crippen molar-refractivity contribution in [2.24, 2.45) is 0 Å². The Kier molecular flexibility index (Phi) is 2.98. The Bertz CT molecular complexity index is 516. The summed E-state index contributed by atoms with van der Waals surface area (Å²) in [6.45, 7) is 0. The van der Waals surface area contributed by atoms with Crippen LogP contribution in [0, 0.1) is 0 Å². The molecule has 76 valence electrons. The Morgan fingerprint density at radius 2 is 2.07 bits per heavy atom. The third kappa shape index (κ3) is 2.34. The maximum atomic E-state index is 11.1. The van der Waals surface area contributed by atoms with E-state index in [1.165, 1.54) is 18.0 Å². The molecule has 0 fully saturated rings. The van der Waals surface area contributed by atoms with Crippen LogP contribution >= 0.6 is 23.4 Å². The predicted molar refractivity (Wildman–Crippen MR) is 56.0 cm³/mol. The zero-order valence-electron chi connectivity index (χ0n) is 7.35. The summed E-state index contributed by atoms with van der Waals surface area (Å²) in [7, 11) is 0. The molecule has 0 saturated heterocycles. The number of aromatic nitrogens is 4. The second kappa shape index (κ2) is 4.41. The van der Waals surface area contributed by atoms with Gasteiger partial charge in [0.25, 0.3) is 5.56 Å². The summed E-state index contributed by atoms with van der Waals surface area (Å²) in [4.78, 5) is 19.7. The summed E-state index contributed by atoms with van der Waals surface area (Å²) >= 11 is 6.97. The zero-order valence-corrected chi connectivity index (χ0v) is 8.92. The van der Waals surface area contributed by atoms with E-state index >= 15 is 0 Å². The van der Waals surface area contributed by atoms with E-state index in [2.05, 4.69) is 20.2 Å². The molecule has 0 spiro atoms. The van der Waals surface area contributed by atoms with Crippen molar-refractivity contribution >= 4 is 23.4 Å². The van der Waals surface area contributed by atoms with Crippen molar-refractivity contribution in [1.82, 2.24) is 20.2 Å². The molecule has 5 nitrogen and oxygen atoms in total. The molecule has 0 amide bonds. The summed E-state index contributed by atoms with van der Waals surface area (Å²) in [5.74, 6) is 0. The highest BCUT2D eigenvalue weighted by Gasteiger charge is 2.07. The summed E-state index contributed by atoms with van der Waals surface area (Å²) in [5, 5.41) is 6.50. The first-order valence-corrected chi connectivity index (χ1v) is 5.15. The molecule has 0 unspecified atom stereocenters. The third-order valence-corrected chi connectivity index (χ3v) is 2.92. The highest BCUT2D eigenvalue weighted by Crippen LogP contribution is 2.27. The Morgan fingerprint density at radius 3 is 2.80 bits per heavy atom. The average Bonchev–Trinajstić information content (AvgIpc) is 2.26. The van der Waals surface area contributed by atoms with Crippen molar-refractivity contribution in [1.29, 1.82) is 0 Å². The van der Waals surface area contributed by atoms with Crippen LogP contribution in [0.15, 0.2) is 39.5 Å². The molecule has 0 radical (unpaired) electrons. The summed E-state index contributed by atoms with van der Waals surface area (Å²) < 4.78 is 0. The van der Waals surface area contributed by atoms with Crippen LogP contribution in [-0.4, -0.2) is 20.2 Å². The fourth-order valence-corrected chi connectivity index (χ4v) is 1.79. The lowest BCUT2D eigenvalue weighted by Gasteiger charge is -1.99. The fraction of sp³-hybridized carbons (Fsp3) is 0. The maximum Gasteiger partial charge on any atom is 0.284 e. The number of aromatic amines is 1. The van der Waals surface area contributed by atoms with Crippen molar-refractivity contribution < 1.29 is 0 Å². The molecule has 2 aromatic rings. The highest BCUT2D eigenvalue weighted by atomic mass is 35.5. The molecule has 2 heterocycles. The van der Waals surface area contributed by atoms with Crippen molar-refractivity contribution in [2.45, 2.75) is 10.1 Å². The van der Waals surface area contributed by atoms with Gasteiger partial charge >= 0.3 is 0 Å². The minimum absolute atomic E-state index is 0.0995. The van der Waals surface area contributed by atoms with Crippen molar-refractivity contribution in [3.8, 4) is 0 Å². The minimum Gasteiger partial charge on any atom is -0.266 e. The minimum atomic E-state index is -0.419. The fourth-order valence-electron chi connectivity index (χ4n) is 0.875. The van der Waals surface area contributed by atoms with Crippen LogP contribution in [0.25, 0.3) is 0 Å². The molecule has 1 N–H and O–H groups in total. The van der Waals surface area contributed by atoms with Gasteiger partial charge in [0.2, 0.25) is 0 Å². The summed E-state index contributed by atoms with van der Waals surface area (Å²) in [6, 6.07) is 1.71. The molecular weight excluding hydrogens is 236 g/mol. The molecular formula is C8H5ClN4OS. The van der Waals surface area contributed by atoms with E-state index in [4.69, 9.17) is 11.6 Å². The van der Waals surface area contributed by atoms with Crippen LogP contribution in [0.5, 0.6) is 0 Å². The van der Waals surface area contributed by atoms with E-state index in [0.29, 0.717) is 10.1 Å². The third-order valence-electron chi connectivity index (χ3n) is 1.51. The van der Waals surface area contributed by atoms with Gasteiger partial charge in [-0.15, -0.1) is 0 Å². The van der Waals surface area contributed by atoms with E-state index in [1.54, 1.807) is 18.5 Å². The van der Waals surface area contributed by atoms with Crippen LogP contribution < -0.4 is 5.56 Å². The number of hydrogen-bond acceptors (Lipinski definition) is 5. The van der Waals surface area contributed by atoms with Gasteiger partial charge in [-0.05, 0) is 17.8 Å². The smallest absolute Gasteiger partial charge is 0.266 e. The van der Waals surface area contributed by atoms with Gasteiger partial charge in [0, 0.05) is 12.4 Å². The monoisotopic (exact) mass is 240 g/mol. The van der Waals surface area contributed by atoms with Crippen LogP contribution in [-0.2, 0) is 0 Å². The van der Waals surface area contributed by atoms with Gasteiger partial charge in [-0.1, -0.05) is 11.6 Å². The molecule has 0 aliphatic carbocycles. The first-order chi connectivity index (χ1) is 7.27. The van der Waals surface area contributed by atoms with Gasteiger partial charge in [-0.3, -0.25) is 4.79 Å². The quantitative estimate of drug-likeness (QED) is 0.803. The SMILES string of the molecule is O=c1[nH]ncc(Sc2ncccn2)c1Cl. The molecule has 7 heteroatoms. The second-order valence-electron chi connectivity index (χ2n) is 2.51. The Morgan fingerprint density at radius 1 is 1.33 bits per heavy atom. The van der Waals surface area contributed by atoms with E-state index in [1.807, 2.05) is 0 Å². The number of halogens is 1. The van der Waals surface area contributed by atoms with Crippen LogP contribution in [0.1, 0.15) is 0 Å². The molecule has 0 atom stereocenters. The van der Waals surface area contributed by atoms with Gasteiger partial charge in [-0.25, -0.2) is 15.1 Å². The van der Waals surface area contributed by atoms with Crippen molar-refractivity contribution in [3.63, 3.8) is 0 Å². The molecule has 15 heavy (non-hydrogen) atoms. The molecule has 0 bridgehead atoms. The van der Waals surface area contributed by atoms with E-state index in [9.17, 15) is 4.79 Å². The number of H-pyrrole nitrogens is 1. The van der Waals surface area contributed by atoms with E-state index < -0.39 is 5.56 Å². The van der Waals surface area contributed by atoms with Gasteiger partial charge in [0.05, 0.1) is 11.1 Å². The largest absolute Gasteiger partial charge is 0.284 e. The molecule has 0 aromatic carbocycles. The second-order valence-corrected chi connectivity index (χ2v) is 3.90. The normalized spacial score (nSPS) is 10.2. The number of nitrogens with one attached hydrogen (secondary N) is 1. The maximum absolute atomic E-state index is 11.1. The van der Waals surface area contributed by atoms with E-state index in [0.717, 1.165) is 0 Å². The summed E-state index contributed by atoms with van der Waals surface area (Å²) in [6.07, 6.45) is 4.69. The van der Waals surface area contributed by atoms with Crippen LogP contribution in [0.4, 0.5) is 0 Å². The zero-order chi connectivity index (χ0) is 10.7. The lowest BCUT2D eigenvalue weighted by atomic mass is 10.6. The van der Waals surface area contributed by atoms with Gasteiger partial charge < -0.3 is 0 Å². The number of rotatable bonds is 2.